The molecule has 1 aromatic carbocycles. The van der Waals surface area contributed by atoms with E-state index in [1.165, 1.54) is 0 Å². The van der Waals surface area contributed by atoms with E-state index in [2.05, 4.69) is 26.1 Å². The Morgan fingerprint density at radius 3 is 2.85 bits per heavy atom. The number of nitrogens with zero attached hydrogens (tertiary/aromatic N) is 1. The van der Waals surface area contributed by atoms with Gasteiger partial charge in [0.25, 0.3) is 0 Å². The van der Waals surface area contributed by atoms with Gasteiger partial charge >= 0.3 is 0 Å². The molecule has 6 heteroatoms. The average molecular weight is 356 g/mol. The number of hydrogen-bond acceptors (Lipinski definition) is 3. The third kappa shape index (κ3) is 3.12. The van der Waals surface area contributed by atoms with Crippen LogP contribution in [0.1, 0.15) is 24.8 Å². The van der Waals surface area contributed by atoms with Crippen LogP contribution < -0.4 is 16.0 Å². The molecule has 0 aromatic heterocycles. The first-order valence-corrected chi connectivity index (χ1v) is 7.82. The van der Waals surface area contributed by atoms with Crippen LogP contribution in [0.2, 0.25) is 0 Å². The van der Waals surface area contributed by atoms with Crippen molar-refractivity contribution in [3.63, 3.8) is 0 Å². The molecule has 0 spiro atoms. The van der Waals surface area contributed by atoms with Crippen LogP contribution in [0.4, 0.5) is 5.69 Å². The number of carbonyl (C=O) groups excluding carboxylic acids is 1. The lowest BCUT2D eigenvalue weighted by Gasteiger charge is -2.36. The standard InChI is InChI=1S/C14H18BrN3OS/c1-17-14(19)12-4-2-3-7-18(12)9-5-6-10(13(16)20)11(15)8-9/h5-6,8,12H,2-4,7H2,1H3,(H2,16,20)(H,17,19). The number of nitrogens with one attached hydrogen (secondary N) is 1. The van der Waals surface area contributed by atoms with Gasteiger partial charge in [-0.1, -0.05) is 12.2 Å². The van der Waals surface area contributed by atoms with Gasteiger partial charge in [0.1, 0.15) is 11.0 Å². The number of piperidine rings is 1. The van der Waals surface area contributed by atoms with E-state index in [1.807, 2.05) is 18.2 Å². The quantitative estimate of drug-likeness (QED) is 0.816. The predicted molar refractivity (Wildman–Crippen MR) is 89.1 cm³/mol. The molecule has 1 atom stereocenters. The highest BCUT2D eigenvalue weighted by molar-refractivity contribution is 9.10. The van der Waals surface area contributed by atoms with Gasteiger partial charge in [-0.05, 0) is 53.4 Å². The fourth-order valence-corrected chi connectivity index (χ4v) is 3.45. The number of anilines is 1. The molecule has 4 nitrogen and oxygen atoms in total. The van der Waals surface area contributed by atoms with Crippen LogP contribution in [0.3, 0.4) is 0 Å². The Kier molecular flexibility index (Phi) is 4.99. The van der Waals surface area contributed by atoms with Crippen molar-refractivity contribution >= 4 is 44.7 Å². The summed E-state index contributed by atoms with van der Waals surface area (Å²) in [5.74, 6) is 0.0687. The number of carbonyl (C=O) groups is 1. The summed E-state index contributed by atoms with van der Waals surface area (Å²) in [5.41, 5.74) is 7.50. The van der Waals surface area contributed by atoms with Crippen LogP contribution >= 0.6 is 28.1 Å². The fraction of sp³-hybridized carbons (Fsp3) is 0.429. The van der Waals surface area contributed by atoms with E-state index in [1.54, 1.807) is 7.05 Å². The van der Waals surface area contributed by atoms with Crippen molar-refractivity contribution in [2.45, 2.75) is 25.3 Å². The maximum absolute atomic E-state index is 12.0. The number of amides is 1. The minimum absolute atomic E-state index is 0.0687. The molecule has 3 N–H and O–H groups in total. The van der Waals surface area contributed by atoms with Gasteiger partial charge in [0, 0.05) is 29.3 Å². The van der Waals surface area contributed by atoms with Gasteiger partial charge in [-0.2, -0.15) is 0 Å². The average Bonchev–Trinajstić information content (AvgIpc) is 2.46. The lowest BCUT2D eigenvalue weighted by Crippen LogP contribution is -2.48. The molecule has 0 aliphatic carbocycles. The Bertz CT molecular complexity index is 535. The predicted octanol–water partition coefficient (Wildman–Crippen LogP) is 2.19. The minimum Gasteiger partial charge on any atom is -0.389 e. The molecule has 1 unspecified atom stereocenters. The second-order valence-corrected chi connectivity index (χ2v) is 6.14. The van der Waals surface area contributed by atoms with Crippen molar-refractivity contribution in [2.24, 2.45) is 5.73 Å². The van der Waals surface area contributed by atoms with Crippen LogP contribution in [-0.4, -0.2) is 30.5 Å². The third-order valence-corrected chi connectivity index (χ3v) is 4.48. The van der Waals surface area contributed by atoms with E-state index in [9.17, 15) is 4.79 Å². The highest BCUT2D eigenvalue weighted by Gasteiger charge is 2.28. The SMILES string of the molecule is CNC(=O)C1CCCCN1c1ccc(C(N)=S)c(Br)c1. The van der Waals surface area contributed by atoms with Gasteiger partial charge in [0.05, 0.1) is 0 Å². The van der Waals surface area contributed by atoms with Gasteiger partial charge in [-0.15, -0.1) is 0 Å². The largest absolute Gasteiger partial charge is 0.389 e. The lowest BCUT2D eigenvalue weighted by atomic mass is 10.00. The fourth-order valence-electron chi connectivity index (χ4n) is 2.56. The van der Waals surface area contributed by atoms with Crippen LogP contribution in [0, 0.1) is 0 Å². The molecule has 1 heterocycles. The van der Waals surface area contributed by atoms with Crippen LogP contribution in [0.15, 0.2) is 22.7 Å². The van der Waals surface area contributed by atoms with E-state index < -0.39 is 0 Å². The van der Waals surface area contributed by atoms with Gasteiger partial charge in [0.2, 0.25) is 5.91 Å². The van der Waals surface area contributed by atoms with Gasteiger partial charge in [-0.25, -0.2) is 0 Å². The number of hydrogen-bond donors (Lipinski definition) is 2. The van der Waals surface area contributed by atoms with Crippen molar-refractivity contribution in [1.82, 2.24) is 5.32 Å². The lowest BCUT2D eigenvalue weighted by molar-refractivity contribution is -0.122. The van der Waals surface area contributed by atoms with E-state index in [4.69, 9.17) is 18.0 Å². The summed E-state index contributed by atoms with van der Waals surface area (Å²) in [4.78, 5) is 14.5. The summed E-state index contributed by atoms with van der Waals surface area (Å²) >= 11 is 8.50. The summed E-state index contributed by atoms with van der Waals surface area (Å²) in [7, 11) is 1.68. The number of thiocarbonyl (C=S) groups is 1. The molecule has 1 fully saturated rings. The Labute approximate surface area is 132 Å². The summed E-state index contributed by atoms with van der Waals surface area (Å²) < 4.78 is 0.865. The molecular formula is C14H18BrN3OS. The second kappa shape index (κ2) is 6.54. The number of benzene rings is 1. The smallest absolute Gasteiger partial charge is 0.242 e. The molecule has 1 aromatic rings. The highest BCUT2D eigenvalue weighted by atomic mass is 79.9. The van der Waals surface area contributed by atoms with Crippen molar-refractivity contribution in [3.8, 4) is 0 Å². The first-order valence-electron chi connectivity index (χ1n) is 6.62. The Morgan fingerprint density at radius 2 is 2.25 bits per heavy atom. The highest BCUT2D eigenvalue weighted by Crippen LogP contribution is 2.29. The van der Waals surface area contributed by atoms with Crippen LogP contribution in [-0.2, 0) is 4.79 Å². The third-order valence-electron chi connectivity index (χ3n) is 3.60. The number of halogens is 1. The van der Waals surface area contributed by atoms with Gasteiger partial charge < -0.3 is 16.0 Å². The molecule has 1 amide bonds. The Morgan fingerprint density at radius 1 is 1.50 bits per heavy atom. The van der Waals surface area contributed by atoms with Crippen molar-refractivity contribution < 1.29 is 4.79 Å². The van der Waals surface area contributed by atoms with Crippen LogP contribution in [0.5, 0.6) is 0 Å². The number of likely N-dealkylation sites (N-methyl/N-ethyl adjacent to an activating group) is 1. The minimum atomic E-state index is -0.101. The monoisotopic (exact) mass is 355 g/mol. The first-order chi connectivity index (χ1) is 9.54. The molecule has 20 heavy (non-hydrogen) atoms. The van der Waals surface area contributed by atoms with Gasteiger partial charge in [-0.3, -0.25) is 4.79 Å². The molecule has 1 aliphatic heterocycles. The summed E-state index contributed by atoms with van der Waals surface area (Å²) in [5, 5.41) is 2.75. The first kappa shape index (κ1) is 15.3. The number of nitrogens with two attached hydrogens (primary N) is 1. The summed E-state index contributed by atoms with van der Waals surface area (Å²) in [6, 6.07) is 5.75. The topological polar surface area (TPSA) is 58.4 Å². The zero-order valence-corrected chi connectivity index (χ0v) is 13.8. The molecule has 108 valence electrons. The molecule has 0 bridgehead atoms. The normalized spacial score (nSPS) is 18.7. The van der Waals surface area contributed by atoms with Crippen molar-refractivity contribution in [2.75, 3.05) is 18.5 Å². The summed E-state index contributed by atoms with van der Waals surface area (Å²) in [6.45, 7) is 0.886. The second-order valence-electron chi connectivity index (χ2n) is 4.85. The van der Waals surface area contributed by atoms with Crippen molar-refractivity contribution in [1.29, 1.82) is 0 Å². The van der Waals surface area contributed by atoms with Gasteiger partial charge in [0.15, 0.2) is 0 Å². The zero-order chi connectivity index (χ0) is 14.7. The molecule has 1 aliphatic rings. The van der Waals surface area contributed by atoms with Crippen molar-refractivity contribution in [3.05, 3.63) is 28.2 Å². The summed E-state index contributed by atoms with van der Waals surface area (Å²) in [6.07, 6.45) is 3.07. The maximum Gasteiger partial charge on any atom is 0.242 e. The Balaban J connectivity index is 2.31. The Hall–Kier alpha value is -1.14. The molecular weight excluding hydrogens is 338 g/mol. The molecule has 0 saturated carbocycles. The van der Waals surface area contributed by atoms with E-state index >= 15 is 0 Å². The van der Waals surface area contributed by atoms with E-state index in [0.717, 1.165) is 41.5 Å². The zero-order valence-electron chi connectivity index (χ0n) is 11.4. The van der Waals surface area contributed by atoms with E-state index in [0.29, 0.717) is 4.99 Å². The van der Waals surface area contributed by atoms with E-state index in [-0.39, 0.29) is 11.9 Å². The maximum atomic E-state index is 12.0. The number of rotatable bonds is 3. The molecule has 0 radical (unpaired) electrons. The molecule has 2 rings (SSSR count). The molecule has 1 saturated heterocycles. The van der Waals surface area contributed by atoms with Crippen LogP contribution in [0.25, 0.3) is 0 Å².